The Hall–Kier alpha value is -1.88. The van der Waals surface area contributed by atoms with E-state index in [4.69, 9.17) is 5.11 Å². The Morgan fingerprint density at radius 3 is 2.93 bits per heavy atom. The van der Waals surface area contributed by atoms with Crippen molar-refractivity contribution in [2.45, 2.75) is 0 Å². The summed E-state index contributed by atoms with van der Waals surface area (Å²) in [6, 6.07) is 5.15. The highest BCUT2D eigenvalue weighted by Gasteiger charge is 2.04. The smallest absolute Gasteiger partial charge is 0.354 e. The van der Waals surface area contributed by atoms with Crippen molar-refractivity contribution in [1.29, 1.82) is 0 Å². The molecule has 15 heavy (non-hydrogen) atoms. The summed E-state index contributed by atoms with van der Waals surface area (Å²) in [5.74, 6) is -1.02. The number of aromatic nitrogens is 1. The first-order chi connectivity index (χ1) is 7.25. The lowest BCUT2D eigenvalue weighted by Gasteiger charge is -2.03. The molecule has 2 rings (SSSR count). The number of thiophene rings is 1. The van der Waals surface area contributed by atoms with Crippen LogP contribution in [0.2, 0.25) is 0 Å². The van der Waals surface area contributed by atoms with Crippen LogP contribution in [0.4, 0.5) is 11.4 Å². The Bertz CT molecular complexity index is 468. The van der Waals surface area contributed by atoms with Gasteiger partial charge >= 0.3 is 5.97 Å². The van der Waals surface area contributed by atoms with E-state index in [0.29, 0.717) is 0 Å². The van der Waals surface area contributed by atoms with Crippen molar-refractivity contribution in [3.8, 4) is 0 Å². The largest absolute Gasteiger partial charge is 0.477 e. The van der Waals surface area contributed by atoms with E-state index in [9.17, 15) is 4.79 Å². The fourth-order valence-corrected chi connectivity index (χ4v) is 1.72. The molecule has 0 atom stereocenters. The summed E-state index contributed by atoms with van der Waals surface area (Å²) in [6.45, 7) is 0. The predicted octanol–water partition coefficient (Wildman–Crippen LogP) is 2.58. The highest BCUT2D eigenvalue weighted by molar-refractivity contribution is 7.08. The minimum atomic E-state index is -1.02. The normalized spacial score (nSPS) is 9.87. The number of aromatic carboxylic acids is 1. The molecular formula is C10H8N2O2S. The van der Waals surface area contributed by atoms with Crippen molar-refractivity contribution in [3.63, 3.8) is 0 Å². The van der Waals surface area contributed by atoms with E-state index in [2.05, 4.69) is 10.3 Å². The van der Waals surface area contributed by atoms with E-state index >= 15 is 0 Å². The van der Waals surface area contributed by atoms with Gasteiger partial charge in [0.15, 0.2) is 0 Å². The SMILES string of the molecule is O=C(O)c1cc(Nc2ccsc2)ccn1. The number of carboxylic acid groups (broad SMARTS) is 1. The second-order valence-corrected chi connectivity index (χ2v) is 3.65. The second-order valence-electron chi connectivity index (χ2n) is 2.87. The van der Waals surface area contributed by atoms with Crippen molar-refractivity contribution < 1.29 is 9.90 Å². The lowest BCUT2D eigenvalue weighted by Crippen LogP contribution is -2.00. The van der Waals surface area contributed by atoms with Gasteiger partial charge in [0, 0.05) is 23.0 Å². The quantitative estimate of drug-likeness (QED) is 0.834. The van der Waals surface area contributed by atoms with Crippen LogP contribution in [0.1, 0.15) is 10.5 Å². The molecule has 0 amide bonds. The van der Waals surface area contributed by atoms with Gasteiger partial charge < -0.3 is 10.4 Å². The molecule has 2 aromatic rings. The Balaban J connectivity index is 2.22. The summed E-state index contributed by atoms with van der Waals surface area (Å²) in [5.41, 5.74) is 1.71. The summed E-state index contributed by atoms with van der Waals surface area (Å²) in [6.07, 6.45) is 1.47. The van der Waals surface area contributed by atoms with Gasteiger partial charge in [-0.3, -0.25) is 0 Å². The molecule has 0 spiro atoms. The first-order valence-electron chi connectivity index (χ1n) is 4.24. The van der Waals surface area contributed by atoms with Gasteiger partial charge in [-0.15, -0.1) is 0 Å². The maximum Gasteiger partial charge on any atom is 0.354 e. The van der Waals surface area contributed by atoms with Crippen LogP contribution in [0.25, 0.3) is 0 Å². The number of rotatable bonds is 3. The molecule has 0 fully saturated rings. The standard InChI is InChI=1S/C10H8N2O2S/c13-10(14)9-5-7(1-3-11-9)12-8-2-4-15-6-8/h1-6H,(H,11,12)(H,13,14). The maximum absolute atomic E-state index is 10.7. The molecule has 0 aromatic carbocycles. The van der Waals surface area contributed by atoms with Gasteiger partial charge in [0.1, 0.15) is 5.69 Å². The Kier molecular flexibility index (Phi) is 2.64. The number of anilines is 2. The summed E-state index contributed by atoms with van der Waals surface area (Å²) in [4.78, 5) is 14.4. The molecule has 0 bridgehead atoms. The molecule has 76 valence electrons. The van der Waals surface area contributed by atoms with Crippen LogP contribution >= 0.6 is 11.3 Å². The molecule has 0 aliphatic carbocycles. The third kappa shape index (κ3) is 2.32. The van der Waals surface area contributed by atoms with Crippen molar-refractivity contribution in [2.75, 3.05) is 5.32 Å². The van der Waals surface area contributed by atoms with E-state index < -0.39 is 5.97 Å². The molecule has 0 saturated heterocycles. The summed E-state index contributed by atoms with van der Waals surface area (Å²) >= 11 is 1.57. The molecule has 2 heterocycles. The van der Waals surface area contributed by atoms with E-state index in [1.807, 2.05) is 16.8 Å². The average molecular weight is 220 g/mol. The molecule has 0 aliphatic rings. The van der Waals surface area contributed by atoms with Crippen molar-refractivity contribution in [2.24, 2.45) is 0 Å². The van der Waals surface area contributed by atoms with E-state index in [1.165, 1.54) is 12.3 Å². The van der Waals surface area contributed by atoms with E-state index in [1.54, 1.807) is 17.4 Å². The number of hydrogen-bond donors (Lipinski definition) is 2. The molecule has 0 saturated carbocycles. The maximum atomic E-state index is 10.7. The van der Waals surface area contributed by atoms with Gasteiger partial charge in [0.25, 0.3) is 0 Å². The lowest BCUT2D eigenvalue weighted by atomic mass is 10.3. The number of carbonyl (C=O) groups is 1. The van der Waals surface area contributed by atoms with E-state index in [-0.39, 0.29) is 5.69 Å². The molecule has 0 aliphatic heterocycles. The zero-order valence-electron chi connectivity index (χ0n) is 7.68. The van der Waals surface area contributed by atoms with Crippen LogP contribution in [0.3, 0.4) is 0 Å². The van der Waals surface area contributed by atoms with Crippen LogP contribution in [0.5, 0.6) is 0 Å². The number of nitrogens with zero attached hydrogens (tertiary/aromatic N) is 1. The number of nitrogens with one attached hydrogen (secondary N) is 1. The van der Waals surface area contributed by atoms with Crippen LogP contribution in [-0.2, 0) is 0 Å². The third-order valence-corrected chi connectivity index (χ3v) is 2.47. The third-order valence-electron chi connectivity index (χ3n) is 1.79. The molecule has 2 aromatic heterocycles. The minimum Gasteiger partial charge on any atom is -0.477 e. The topological polar surface area (TPSA) is 62.2 Å². The molecule has 0 radical (unpaired) electrons. The van der Waals surface area contributed by atoms with Crippen molar-refractivity contribution >= 4 is 28.7 Å². The van der Waals surface area contributed by atoms with Crippen LogP contribution in [0, 0.1) is 0 Å². The number of hydrogen-bond acceptors (Lipinski definition) is 4. The molecule has 5 heteroatoms. The Labute approximate surface area is 90.2 Å². The Morgan fingerprint density at radius 1 is 1.40 bits per heavy atom. The van der Waals surface area contributed by atoms with Gasteiger partial charge in [-0.1, -0.05) is 0 Å². The minimum absolute atomic E-state index is 0.0372. The number of carboxylic acids is 1. The van der Waals surface area contributed by atoms with E-state index in [0.717, 1.165) is 11.4 Å². The van der Waals surface area contributed by atoms with Crippen LogP contribution in [0.15, 0.2) is 35.2 Å². The molecular weight excluding hydrogens is 212 g/mol. The first kappa shape index (κ1) is 9.67. The van der Waals surface area contributed by atoms with Crippen LogP contribution < -0.4 is 5.32 Å². The van der Waals surface area contributed by atoms with Gasteiger partial charge in [-0.05, 0) is 23.6 Å². The lowest BCUT2D eigenvalue weighted by molar-refractivity contribution is 0.0690. The zero-order valence-corrected chi connectivity index (χ0v) is 8.49. The monoisotopic (exact) mass is 220 g/mol. The molecule has 2 N–H and O–H groups in total. The zero-order chi connectivity index (χ0) is 10.7. The van der Waals surface area contributed by atoms with Gasteiger partial charge in [0.2, 0.25) is 0 Å². The highest BCUT2D eigenvalue weighted by atomic mass is 32.1. The molecule has 0 unspecified atom stereocenters. The fourth-order valence-electron chi connectivity index (χ4n) is 1.13. The van der Waals surface area contributed by atoms with Gasteiger partial charge in [-0.2, -0.15) is 11.3 Å². The highest BCUT2D eigenvalue weighted by Crippen LogP contribution is 2.18. The fraction of sp³-hybridized carbons (Fsp3) is 0. The van der Waals surface area contributed by atoms with Crippen LogP contribution in [-0.4, -0.2) is 16.1 Å². The predicted molar refractivity (Wildman–Crippen MR) is 58.8 cm³/mol. The van der Waals surface area contributed by atoms with Crippen molar-refractivity contribution in [1.82, 2.24) is 4.98 Å². The Morgan fingerprint density at radius 2 is 2.27 bits per heavy atom. The average Bonchev–Trinajstić information content (AvgIpc) is 2.71. The summed E-state index contributed by atoms with van der Waals surface area (Å²) < 4.78 is 0. The first-order valence-corrected chi connectivity index (χ1v) is 5.18. The van der Waals surface area contributed by atoms with Crippen molar-refractivity contribution in [3.05, 3.63) is 40.8 Å². The summed E-state index contributed by atoms with van der Waals surface area (Å²) in [7, 11) is 0. The second kappa shape index (κ2) is 4.10. The van der Waals surface area contributed by atoms with Gasteiger partial charge in [-0.25, -0.2) is 9.78 Å². The molecule has 4 nitrogen and oxygen atoms in total. The number of pyridine rings is 1. The van der Waals surface area contributed by atoms with Gasteiger partial charge in [0.05, 0.1) is 0 Å². The summed E-state index contributed by atoms with van der Waals surface area (Å²) in [5, 5.41) is 15.7.